The minimum absolute atomic E-state index is 0.173. The van der Waals surface area contributed by atoms with E-state index in [0.717, 1.165) is 46.8 Å². The van der Waals surface area contributed by atoms with Gasteiger partial charge in [-0.05, 0) is 56.9 Å². The maximum Gasteiger partial charge on any atom is 0.345 e. The van der Waals surface area contributed by atoms with E-state index in [9.17, 15) is 9.59 Å². The first-order valence-corrected chi connectivity index (χ1v) is 9.65. The van der Waals surface area contributed by atoms with Gasteiger partial charge in [0.25, 0.3) is 0 Å². The van der Waals surface area contributed by atoms with Crippen molar-refractivity contribution in [3.8, 4) is 5.75 Å². The quantitative estimate of drug-likeness (QED) is 0.301. The average Bonchev–Trinajstić information content (AvgIpc) is 3.35. The Labute approximate surface area is 165 Å². The molecule has 0 N–H and O–H groups in total. The molecular formula is C22H19N3O4. The number of aryl methyl sites for hydroxylation is 1. The number of rotatable bonds is 3. The summed E-state index contributed by atoms with van der Waals surface area (Å²) in [7, 11) is 0. The van der Waals surface area contributed by atoms with E-state index in [1.165, 1.54) is 6.20 Å². The number of carbonyl (C=O) groups excluding carboxylic acids is 1. The van der Waals surface area contributed by atoms with Crippen LogP contribution in [0.4, 0.5) is 0 Å². The first-order chi connectivity index (χ1) is 14.0. The lowest BCUT2D eigenvalue weighted by Gasteiger charge is -2.08. The Morgan fingerprint density at radius 2 is 2.00 bits per heavy atom. The van der Waals surface area contributed by atoms with Crippen LogP contribution < -0.4 is 10.4 Å². The van der Waals surface area contributed by atoms with E-state index < -0.39 is 5.97 Å². The molecule has 0 atom stereocenters. The van der Waals surface area contributed by atoms with E-state index in [4.69, 9.17) is 9.15 Å². The fourth-order valence-corrected chi connectivity index (χ4v) is 3.92. The summed E-state index contributed by atoms with van der Waals surface area (Å²) in [6, 6.07) is 7.05. The van der Waals surface area contributed by atoms with Crippen LogP contribution in [0.25, 0.3) is 22.0 Å². The van der Waals surface area contributed by atoms with E-state index in [-0.39, 0.29) is 11.7 Å². The molecule has 4 aromatic rings. The van der Waals surface area contributed by atoms with Gasteiger partial charge in [-0.3, -0.25) is 0 Å². The van der Waals surface area contributed by atoms with E-state index in [1.54, 1.807) is 29.1 Å². The Balaban J connectivity index is 1.46. The standard InChI is InChI=1S/C22H19N3O4/c1-12(2)25-20-13(11-24-25)8-14(10-23-20)21(26)28-15-6-7-17-16-4-3-5-18(16)22(27)29-19(17)9-15/h6-12H,3-5H2,1-2H3. The van der Waals surface area contributed by atoms with Gasteiger partial charge in [-0.2, -0.15) is 5.10 Å². The third-order valence-electron chi connectivity index (χ3n) is 5.31. The van der Waals surface area contributed by atoms with Gasteiger partial charge in [0.1, 0.15) is 11.3 Å². The highest BCUT2D eigenvalue weighted by atomic mass is 16.5. The van der Waals surface area contributed by atoms with Gasteiger partial charge in [0.15, 0.2) is 5.65 Å². The zero-order valence-electron chi connectivity index (χ0n) is 16.1. The van der Waals surface area contributed by atoms with Gasteiger partial charge in [0, 0.05) is 34.6 Å². The molecule has 0 bridgehead atoms. The maximum atomic E-state index is 12.6. The minimum Gasteiger partial charge on any atom is -0.423 e. The number of hydrogen-bond acceptors (Lipinski definition) is 6. The van der Waals surface area contributed by atoms with Crippen molar-refractivity contribution >= 4 is 28.0 Å². The number of nitrogens with zero attached hydrogens (tertiary/aromatic N) is 3. The molecule has 3 aromatic heterocycles. The third kappa shape index (κ3) is 2.90. The Morgan fingerprint density at radius 3 is 2.83 bits per heavy atom. The number of pyridine rings is 1. The minimum atomic E-state index is -0.528. The molecule has 146 valence electrons. The predicted octanol–water partition coefficient (Wildman–Crippen LogP) is 3.83. The summed E-state index contributed by atoms with van der Waals surface area (Å²) in [6.45, 7) is 4.04. The van der Waals surface area contributed by atoms with E-state index in [0.29, 0.717) is 16.9 Å². The molecule has 1 aliphatic carbocycles. The topological polar surface area (TPSA) is 87.2 Å². The molecule has 7 nitrogen and oxygen atoms in total. The number of fused-ring (bicyclic) bond motifs is 4. The SMILES string of the molecule is CC(C)n1ncc2cc(C(=O)Oc3ccc4c5c(c(=O)oc4c3)CCC5)cnc21. The highest BCUT2D eigenvalue weighted by Crippen LogP contribution is 2.30. The highest BCUT2D eigenvalue weighted by molar-refractivity contribution is 5.94. The van der Waals surface area contributed by atoms with Gasteiger partial charge in [0.2, 0.25) is 0 Å². The normalized spacial score (nSPS) is 13.3. The van der Waals surface area contributed by atoms with Crippen molar-refractivity contribution < 1.29 is 13.9 Å². The number of benzene rings is 1. The number of hydrogen-bond donors (Lipinski definition) is 0. The Kier molecular flexibility index (Phi) is 3.97. The molecule has 0 spiro atoms. The summed E-state index contributed by atoms with van der Waals surface area (Å²) in [6.07, 6.45) is 5.75. The van der Waals surface area contributed by atoms with Crippen LogP contribution in [-0.2, 0) is 12.8 Å². The summed E-state index contributed by atoms with van der Waals surface area (Å²) in [4.78, 5) is 29.1. The molecule has 0 fully saturated rings. The summed E-state index contributed by atoms with van der Waals surface area (Å²) in [5, 5.41) is 5.99. The Morgan fingerprint density at radius 1 is 1.17 bits per heavy atom. The molecule has 0 aliphatic heterocycles. The summed E-state index contributed by atoms with van der Waals surface area (Å²) in [5.74, 6) is -0.207. The van der Waals surface area contributed by atoms with Crippen LogP contribution in [0, 0.1) is 0 Å². The number of carbonyl (C=O) groups is 1. The van der Waals surface area contributed by atoms with Gasteiger partial charge < -0.3 is 9.15 Å². The molecule has 1 aromatic carbocycles. The number of aromatic nitrogens is 3. The molecule has 0 unspecified atom stereocenters. The molecule has 0 saturated carbocycles. The first kappa shape index (κ1) is 17.6. The fraction of sp³-hybridized carbons (Fsp3) is 0.273. The van der Waals surface area contributed by atoms with Gasteiger partial charge in [-0.1, -0.05) is 0 Å². The zero-order chi connectivity index (χ0) is 20.1. The fourth-order valence-electron chi connectivity index (χ4n) is 3.92. The van der Waals surface area contributed by atoms with Crippen molar-refractivity contribution in [1.82, 2.24) is 14.8 Å². The van der Waals surface area contributed by atoms with Gasteiger partial charge >= 0.3 is 11.6 Å². The molecule has 5 rings (SSSR count). The summed E-state index contributed by atoms with van der Waals surface area (Å²) >= 11 is 0. The van der Waals surface area contributed by atoms with Crippen molar-refractivity contribution in [3.63, 3.8) is 0 Å². The molecule has 3 heterocycles. The van der Waals surface area contributed by atoms with Crippen molar-refractivity contribution in [3.05, 3.63) is 63.8 Å². The van der Waals surface area contributed by atoms with Crippen molar-refractivity contribution in [2.45, 2.75) is 39.2 Å². The molecule has 0 radical (unpaired) electrons. The Bertz CT molecular complexity index is 1330. The smallest absolute Gasteiger partial charge is 0.345 e. The van der Waals surface area contributed by atoms with Crippen LogP contribution in [-0.4, -0.2) is 20.7 Å². The van der Waals surface area contributed by atoms with E-state index in [2.05, 4.69) is 10.1 Å². The first-order valence-electron chi connectivity index (χ1n) is 9.65. The van der Waals surface area contributed by atoms with Crippen molar-refractivity contribution in [2.24, 2.45) is 0 Å². The third-order valence-corrected chi connectivity index (χ3v) is 5.31. The second-order valence-corrected chi connectivity index (χ2v) is 7.57. The second kappa shape index (κ2) is 6.55. The second-order valence-electron chi connectivity index (χ2n) is 7.57. The van der Waals surface area contributed by atoms with Crippen LogP contribution in [0.3, 0.4) is 0 Å². The van der Waals surface area contributed by atoms with Gasteiger partial charge in [-0.15, -0.1) is 0 Å². The molecule has 0 amide bonds. The molecular weight excluding hydrogens is 370 g/mol. The van der Waals surface area contributed by atoms with Crippen molar-refractivity contribution in [2.75, 3.05) is 0 Å². The lowest BCUT2D eigenvalue weighted by atomic mass is 10.1. The lowest BCUT2D eigenvalue weighted by molar-refractivity contribution is 0.0734. The van der Waals surface area contributed by atoms with Crippen LogP contribution in [0.1, 0.15) is 47.8 Å². The van der Waals surface area contributed by atoms with Crippen molar-refractivity contribution in [1.29, 1.82) is 0 Å². The molecule has 1 aliphatic rings. The highest BCUT2D eigenvalue weighted by Gasteiger charge is 2.20. The zero-order valence-corrected chi connectivity index (χ0v) is 16.1. The van der Waals surface area contributed by atoms with Gasteiger partial charge in [0.05, 0.1) is 11.8 Å². The number of esters is 1. The predicted molar refractivity (Wildman–Crippen MR) is 107 cm³/mol. The summed E-state index contributed by atoms with van der Waals surface area (Å²) < 4.78 is 12.7. The van der Waals surface area contributed by atoms with Crippen LogP contribution in [0.5, 0.6) is 5.75 Å². The van der Waals surface area contributed by atoms with Crippen LogP contribution in [0.15, 0.2) is 45.9 Å². The Hall–Kier alpha value is -3.48. The number of ether oxygens (including phenoxy) is 1. The molecule has 7 heteroatoms. The largest absolute Gasteiger partial charge is 0.423 e. The summed E-state index contributed by atoms with van der Waals surface area (Å²) in [5.41, 5.74) is 3.00. The molecule has 0 saturated heterocycles. The average molecular weight is 389 g/mol. The molecule has 29 heavy (non-hydrogen) atoms. The van der Waals surface area contributed by atoms with E-state index >= 15 is 0 Å². The van der Waals surface area contributed by atoms with Crippen LogP contribution in [0.2, 0.25) is 0 Å². The van der Waals surface area contributed by atoms with Crippen LogP contribution >= 0.6 is 0 Å². The monoisotopic (exact) mass is 389 g/mol. The van der Waals surface area contributed by atoms with E-state index in [1.807, 2.05) is 19.9 Å². The lowest BCUT2D eigenvalue weighted by Crippen LogP contribution is -2.10. The van der Waals surface area contributed by atoms with Gasteiger partial charge in [-0.25, -0.2) is 19.3 Å². The maximum absolute atomic E-state index is 12.6.